The van der Waals surface area contributed by atoms with Crippen molar-refractivity contribution in [3.05, 3.63) is 29.8 Å². The number of likely N-dealkylation sites (N-methyl/N-ethyl adjacent to an activating group) is 1. The molecule has 7 heteroatoms. The first-order valence-corrected chi connectivity index (χ1v) is 6.28. The zero-order chi connectivity index (χ0) is 14.8. The lowest BCUT2D eigenvalue weighted by Gasteiger charge is -2.37. The van der Waals surface area contributed by atoms with Crippen LogP contribution in [-0.2, 0) is 0 Å². The van der Waals surface area contributed by atoms with Crippen LogP contribution in [0.5, 0.6) is 5.75 Å². The maximum absolute atomic E-state index is 12.2. The maximum atomic E-state index is 12.2. The Balaban J connectivity index is 2.06. The zero-order valence-electron chi connectivity index (χ0n) is 10.9. The van der Waals surface area contributed by atoms with Crippen LogP contribution in [0.3, 0.4) is 0 Å². The van der Waals surface area contributed by atoms with Gasteiger partial charge in [0.05, 0.1) is 6.04 Å². The van der Waals surface area contributed by atoms with E-state index >= 15 is 0 Å². The molecule has 0 aromatic heterocycles. The zero-order valence-corrected chi connectivity index (χ0v) is 10.9. The molecule has 0 spiro atoms. The summed E-state index contributed by atoms with van der Waals surface area (Å²) in [7, 11) is 0. The van der Waals surface area contributed by atoms with E-state index in [1.165, 1.54) is 12.1 Å². The number of hydrogen-bond acceptors (Lipinski definition) is 3. The molecular formula is C13H15F3N2O2. The average molecular weight is 288 g/mol. The smallest absolute Gasteiger partial charge is 0.406 e. The second kappa shape index (κ2) is 5.70. The Labute approximate surface area is 114 Å². The van der Waals surface area contributed by atoms with Crippen molar-refractivity contribution in [1.29, 1.82) is 0 Å². The molecule has 0 aliphatic carbocycles. The molecule has 0 atom stereocenters. The lowest BCUT2D eigenvalue weighted by Crippen LogP contribution is -2.58. The molecule has 1 aliphatic rings. The van der Waals surface area contributed by atoms with Gasteiger partial charge in [-0.3, -0.25) is 4.79 Å². The summed E-state index contributed by atoms with van der Waals surface area (Å²) < 4.78 is 39.9. The van der Waals surface area contributed by atoms with Crippen molar-refractivity contribution in [3.63, 3.8) is 0 Å². The van der Waals surface area contributed by atoms with Crippen molar-refractivity contribution in [2.75, 3.05) is 19.6 Å². The third kappa shape index (κ3) is 3.41. The number of nitrogens with one attached hydrogen (secondary N) is 1. The van der Waals surface area contributed by atoms with Crippen molar-refractivity contribution in [2.45, 2.75) is 19.3 Å². The number of carbonyl (C=O) groups is 1. The summed E-state index contributed by atoms with van der Waals surface area (Å²) in [6.07, 6.45) is -4.72. The second-order valence-corrected chi connectivity index (χ2v) is 4.48. The third-order valence-corrected chi connectivity index (χ3v) is 3.14. The number of carbonyl (C=O) groups excluding carboxylic acids is 1. The van der Waals surface area contributed by atoms with Crippen molar-refractivity contribution in [2.24, 2.45) is 0 Å². The molecule has 1 fully saturated rings. The lowest BCUT2D eigenvalue weighted by atomic mass is 10.1. The molecule has 1 heterocycles. The SMILES string of the molecule is CCN(C(=O)c1ccc(OC(F)(F)F)cc1)C1CNC1. The Kier molecular flexibility index (Phi) is 4.17. The molecule has 0 bridgehead atoms. The summed E-state index contributed by atoms with van der Waals surface area (Å²) in [5.74, 6) is -0.514. The number of rotatable bonds is 4. The number of halogens is 3. The maximum Gasteiger partial charge on any atom is 0.573 e. The summed E-state index contributed by atoms with van der Waals surface area (Å²) in [6.45, 7) is 3.92. The standard InChI is InChI=1S/C13H15F3N2O2/c1-2-18(10-7-17-8-10)12(19)9-3-5-11(6-4-9)20-13(14,15)16/h3-6,10,17H,2,7-8H2,1H3. The monoisotopic (exact) mass is 288 g/mol. The molecule has 110 valence electrons. The van der Waals surface area contributed by atoms with E-state index in [-0.39, 0.29) is 17.7 Å². The Bertz CT molecular complexity index is 469. The topological polar surface area (TPSA) is 41.6 Å². The average Bonchev–Trinajstić information content (AvgIpc) is 2.31. The van der Waals surface area contributed by atoms with Crippen LogP contribution in [0.2, 0.25) is 0 Å². The van der Waals surface area contributed by atoms with E-state index in [9.17, 15) is 18.0 Å². The fraction of sp³-hybridized carbons (Fsp3) is 0.462. The van der Waals surface area contributed by atoms with Gasteiger partial charge in [0.25, 0.3) is 5.91 Å². The van der Waals surface area contributed by atoms with Gasteiger partial charge in [-0.15, -0.1) is 13.2 Å². The molecule has 2 rings (SSSR count). The first-order chi connectivity index (χ1) is 9.40. The Morgan fingerprint density at radius 3 is 2.35 bits per heavy atom. The van der Waals surface area contributed by atoms with Gasteiger partial charge in [0.2, 0.25) is 0 Å². The first-order valence-electron chi connectivity index (χ1n) is 6.28. The fourth-order valence-corrected chi connectivity index (χ4v) is 2.03. The van der Waals surface area contributed by atoms with Crippen LogP contribution >= 0.6 is 0 Å². The number of alkyl halides is 3. The molecule has 1 aromatic rings. The van der Waals surface area contributed by atoms with Gasteiger partial charge in [-0.1, -0.05) is 0 Å². The third-order valence-electron chi connectivity index (χ3n) is 3.14. The molecule has 4 nitrogen and oxygen atoms in total. The largest absolute Gasteiger partial charge is 0.573 e. The van der Waals surface area contributed by atoms with Crippen LogP contribution in [0.15, 0.2) is 24.3 Å². The van der Waals surface area contributed by atoms with E-state index in [4.69, 9.17) is 0 Å². The predicted molar refractivity (Wildman–Crippen MR) is 66.5 cm³/mol. The Morgan fingerprint density at radius 2 is 1.95 bits per heavy atom. The van der Waals surface area contributed by atoms with Gasteiger partial charge < -0.3 is 15.0 Å². The number of nitrogens with zero attached hydrogens (tertiary/aromatic N) is 1. The van der Waals surface area contributed by atoms with Crippen molar-refractivity contribution in [3.8, 4) is 5.75 Å². The van der Waals surface area contributed by atoms with Crippen molar-refractivity contribution < 1.29 is 22.7 Å². The van der Waals surface area contributed by atoms with Crippen LogP contribution in [0.25, 0.3) is 0 Å². The summed E-state index contributed by atoms with van der Waals surface area (Å²) >= 11 is 0. The first kappa shape index (κ1) is 14.6. The van der Waals surface area contributed by atoms with Crippen LogP contribution in [0.1, 0.15) is 17.3 Å². The number of ether oxygens (including phenoxy) is 1. The van der Waals surface area contributed by atoms with Crippen molar-refractivity contribution >= 4 is 5.91 Å². The van der Waals surface area contributed by atoms with Crippen LogP contribution in [0, 0.1) is 0 Å². The molecule has 20 heavy (non-hydrogen) atoms. The highest BCUT2D eigenvalue weighted by Gasteiger charge is 2.31. The molecule has 1 saturated heterocycles. The van der Waals surface area contributed by atoms with Crippen LogP contribution in [0.4, 0.5) is 13.2 Å². The summed E-state index contributed by atoms with van der Waals surface area (Å²) in [5.41, 5.74) is 0.355. The molecule has 1 aromatic carbocycles. The predicted octanol–water partition coefficient (Wildman–Crippen LogP) is 2.02. The van der Waals surface area contributed by atoms with Gasteiger partial charge in [-0.25, -0.2) is 0 Å². The van der Waals surface area contributed by atoms with E-state index < -0.39 is 6.36 Å². The Morgan fingerprint density at radius 1 is 1.35 bits per heavy atom. The van der Waals surface area contributed by atoms with E-state index in [0.29, 0.717) is 12.1 Å². The highest BCUT2D eigenvalue weighted by atomic mass is 19.4. The van der Waals surface area contributed by atoms with Gasteiger partial charge in [0.1, 0.15) is 5.75 Å². The molecular weight excluding hydrogens is 273 g/mol. The van der Waals surface area contributed by atoms with E-state index in [1.807, 2.05) is 6.92 Å². The minimum atomic E-state index is -4.72. The molecule has 1 amide bonds. The normalized spacial score (nSPS) is 15.6. The molecule has 1 aliphatic heterocycles. The lowest BCUT2D eigenvalue weighted by molar-refractivity contribution is -0.274. The molecule has 1 N–H and O–H groups in total. The van der Waals surface area contributed by atoms with Gasteiger partial charge in [-0.05, 0) is 31.2 Å². The number of amides is 1. The molecule has 0 unspecified atom stereocenters. The van der Waals surface area contributed by atoms with E-state index in [0.717, 1.165) is 25.2 Å². The van der Waals surface area contributed by atoms with Gasteiger partial charge in [-0.2, -0.15) is 0 Å². The van der Waals surface area contributed by atoms with Crippen LogP contribution < -0.4 is 10.1 Å². The van der Waals surface area contributed by atoms with E-state index in [1.54, 1.807) is 4.90 Å². The quantitative estimate of drug-likeness (QED) is 0.921. The highest BCUT2D eigenvalue weighted by molar-refractivity contribution is 5.94. The summed E-state index contributed by atoms with van der Waals surface area (Å²) in [6, 6.07) is 5.14. The van der Waals surface area contributed by atoms with Gasteiger partial charge >= 0.3 is 6.36 Å². The minimum Gasteiger partial charge on any atom is -0.406 e. The van der Waals surface area contributed by atoms with Crippen LogP contribution in [-0.4, -0.2) is 42.8 Å². The highest BCUT2D eigenvalue weighted by Crippen LogP contribution is 2.23. The number of benzene rings is 1. The fourth-order valence-electron chi connectivity index (χ4n) is 2.03. The number of hydrogen-bond donors (Lipinski definition) is 1. The summed E-state index contributed by atoms with van der Waals surface area (Å²) in [4.78, 5) is 13.9. The van der Waals surface area contributed by atoms with E-state index in [2.05, 4.69) is 10.1 Å². The van der Waals surface area contributed by atoms with Crippen molar-refractivity contribution in [1.82, 2.24) is 10.2 Å². The Hall–Kier alpha value is -1.76. The second-order valence-electron chi connectivity index (χ2n) is 4.48. The van der Waals surface area contributed by atoms with Gasteiger partial charge in [0, 0.05) is 25.2 Å². The van der Waals surface area contributed by atoms with Gasteiger partial charge in [0.15, 0.2) is 0 Å². The minimum absolute atomic E-state index is 0.151. The molecule has 0 saturated carbocycles. The summed E-state index contributed by atoms with van der Waals surface area (Å²) in [5, 5.41) is 3.08. The molecule has 0 radical (unpaired) electrons.